The van der Waals surface area contributed by atoms with Gasteiger partial charge in [-0.2, -0.15) is 0 Å². The van der Waals surface area contributed by atoms with Crippen molar-refractivity contribution in [3.63, 3.8) is 0 Å². The third-order valence-electron chi connectivity index (χ3n) is 7.62. The Kier molecular flexibility index (Phi) is 7.11. The third-order valence-corrected chi connectivity index (χ3v) is 7.62. The molecule has 204 valence electrons. The molecule has 2 aliphatic rings. The van der Waals surface area contributed by atoms with Crippen LogP contribution in [0.1, 0.15) is 65.1 Å². The Balaban J connectivity index is 1.58. The first-order valence-electron chi connectivity index (χ1n) is 13.0. The Morgan fingerprint density at radius 1 is 1.13 bits per heavy atom. The summed E-state index contributed by atoms with van der Waals surface area (Å²) in [7, 11) is 0. The fourth-order valence-corrected chi connectivity index (χ4v) is 5.50. The van der Waals surface area contributed by atoms with Crippen LogP contribution < -0.4 is 10.2 Å². The molecular formula is C30H30F2N2O5. The highest BCUT2D eigenvalue weighted by molar-refractivity contribution is 6.00. The van der Waals surface area contributed by atoms with Crippen molar-refractivity contribution in [2.75, 3.05) is 6.54 Å². The van der Waals surface area contributed by atoms with Gasteiger partial charge in [0.1, 0.15) is 18.2 Å². The molecule has 1 fully saturated rings. The normalized spacial score (nSPS) is 20.2. The molecule has 1 saturated carbocycles. The first-order chi connectivity index (χ1) is 18.6. The lowest BCUT2D eigenvalue weighted by Crippen LogP contribution is -2.63. The second kappa shape index (κ2) is 10.4. The molecule has 0 unspecified atom stereocenters. The highest BCUT2D eigenvalue weighted by Crippen LogP contribution is 2.45. The zero-order chi connectivity index (χ0) is 27.9. The molecule has 2 aromatic carbocycles. The van der Waals surface area contributed by atoms with Gasteiger partial charge in [-0.1, -0.05) is 36.4 Å². The molecule has 1 amide bonds. The number of aromatic nitrogens is 1. The molecule has 7 nitrogen and oxygen atoms in total. The number of aliphatic hydroxyl groups is 1. The summed E-state index contributed by atoms with van der Waals surface area (Å²) < 4.78 is 35.1. The fraction of sp³-hybridized carbons (Fsp3) is 0.367. The number of carbonyl (C=O) groups excluding carboxylic acids is 2. The molecule has 1 aliphatic heterocycles. The van der Waals surface area contributed by atoms with Crippen LogP contribution in [-0.4, -0.2) is 45.0 Å². The standard InChI is InChI=1S/C30H30F2N2O5/c1-18(2)33-17-30(13-22(35)14-30)34-15-23(25(36)11-9-20-8-10-21(31)12-24(20)32)27(37)28(26(34)29(33)38)39-16-19-6-4-3-5-7-19/h3-8,10,12,15,18,22,35H,9,11,13-14,16-17H2,1-2H3. The summed E-state index contributed by atoms with van der Waals surface area (Å²) in [4.78, 5) is 42.4. The van der Waals surface area contributed by atoms with Gasteiger partial charge in [0.15, 0.2) is 17.2 Å². The number of amides is 1. The van der Waals surface area contributed by atoms with Crippen molar-refractivity contribution in [2.45, 2.75) is 63.8 Å². The fourth-order valence-electron chi connectivity index (χ4n) is 5.50. The number of carbonyl (C=O) groups is 2. The predicted molar refractivity (Wildman–Crippen MR) is 140 cm³/mol. The van der Waals surface area contributed by atoms with Crippen LogP contribution in [0.2, 0.25) is 0 Å². The molecule has 3 aromatic rings. The van der Waals surface area contributed by atoms with Crippen LogP contribution in [0.4, 0.5) is 8.78 Å². The summed E-state index contributed by atoms with van der Waals surface area (Å²) in [6.45, 7) is 4.09. The number of hydrogen-bond donors (Lipinski definition) is 1. The summed E-state index contributed by atoms with van der Waals surface area (Å²) in [5, 5.41) is 10.3. The number of aliphatic hydroxyl groups excluding tert-OH is 1. The largest absolute Gasteiger partial charge is 0.483 e. The van der Waals surface area contributed by atoms with Gasteiger partial charge in [-0.25, -0.2) is 8.78 Å². The van der Waals surface area contributed by atoms with E-state index in [1.54, 1.807) is 9.47 Å². The van der Waals surface area contributed by atoms with Gasteiger partial charge in [-0.05, 0) is 50.3 Å². The number of Topliss-reactive ketones (excluding diaryl/α,β-unsaturated/α-hetero) is 1. The highest BCUT2D eigenvalue weighted by atomic mass is 19.1. The van der Waals surface area contributed by atoms with E-state index in [2.05, 4.69) is 0 Å². The zero-order valence-corrected chi connectivity index (χ0v) is 21.8. The van der Waals surface area contributed by atoms with Crippen LogP contribution >= 0.6 is 0 Å². The number of ether oxygens (including phenoxy) is 1. The number of ketones is 1. The molecule has 39 heavy (non-hydrogen) atoms. The SMILES string of the molecule is CC(C)N1CC2(CC(O)C2)n2cc(C(=O)CCc3ccc(F)cc3F)c(=O)c(OCc3ccccc3)c2C1=O. The number of fused-ring (bicyclic) bond motifs is 2. The van der Waals surface area contributed by atoms with Gasteiger partial charge in [-0.3, -0.25) is 14.4 Å². The maximum absolute atomic E-state index is 14.2. The van der Waals surface area contributed by atoms with Crippen molar-refractivity contribution in [1.82, 2.24) is 9.47 Å². The average molecular weight is 537 g/mol. The topological polar surface area (TPSA) is 88.8 Å². The van der Waals surface area contributed by atoms with E-state index in [4.69, 9.17) is 4.74 Å². The first kappa shape index (κ1) is 26.7. The van der Waals surface area contributed by atoms with Crippen LogP contribution in [0.5, 0.6) is 5.75 Å². The monoisotopic (exact) mass is 536 g/mol. The van der Waals surface area contributed by atoms with Crippen LogP contribution in [0.3, 0.4) is 0 Å². The minimum Gasteiger partial charge on any atom is -0.483 e. The van der Waals surface area contributed by atoms with E-state index >= 15 is 0 Å². The van der Waals surface area contributed by atoms with Crippen molar-refractivity contribution in [3.8, 4) is 5.75 Å². The molecule has 1 spiro atoms. The van der Waals surface area contributed by atoms with E-state index in [9.17, 15) is 28.3 Å². The summed E-state index contributed by atoms with van der Waals surface area (Å²) in [5.74, 6) is -2.63. The third kappa shape index (κ3) is 4.98. The van der Waals surface area contributed by atoms with Gasteiger partial charge in [-0.15, -0.1) is 0 Å². The molecule has 1 aliphatic carbocycles. The molecule has 2 heterocycles. The first-order valence-corrected chi connectivity index (χ1v) is 13.0. The molecule has 9 heteroatoms. The minimum absolute atomic E-state index is 0.00605. The second-order valence-electron chi connectivity index (χ2n) is 10.7. The van der Waals surface area contributed by atoms with Crippen molar-refractivity contribution < 1.29 is 28.2 Å². The van der Waals surface area contributed by atoms with E-state index in [1.807, 2.05) is 44.2 Å². The van der Waals surface area contributed by atoms with E-state index in [1.165, 1.54) is 12.3 Å². The van der Waals surface area contributed by atoms with Crippen molar-refractivity contribution >= 4 is 11.7 Å². The number of aryl methyl sites for hydroxylation is 1. The molecule has 1 N–H and O–H groups in total. The Bertz CT molecular complexity index is 1480. The average Bonchev–Trinajstić information content (AvgIpc) is 2.88. The molecule has 1 aromatic heterocycles. The van der Waals surface area contributed by atoms with Crippen molar-refractivity contribution in [2.24, 2.45) is 0 Å². The Labute approximate surface area is 224 Å². The van der Waals surface area contributed by atoms with E-state index in [-0.39, 0.29) is 54.0 Å². The summed E-state index contributed by atoms with van der Waals surface area (Å²) >= 11 is 0. The summed E-state index contributed by atoms with van der Waals surface area (Å²) in [6, 6.07) is 12.1. The molecule has 0 bridgehead atoms. The molecule has 0 radical (unpaired) electrons. The van der Waals surface area contributed by atoms with Gasteiger partial charge in [0, 0.05) is 31.3 Å². The van der Waals surface area contributed by atoms with Crippen LogP contribution in [0.15, 0.2) is 59.5 Å². The van der Waals surface area contributed by atoms with E-state index in [0.29, 0.717) is 19.4 Å². The number of hydrogen-bond acceptors (Lipinski definition) is 5. The van der Waals surface area contributed by atoms with Gasteiger partial charge < -0.3 is 19.3 Å². The molecular weight excluding hydrogens is 506 g/mol. The van der Waals surface area contributed by atoms with Crippen LogP contribution in [0.25, 0.3) is 0 Å². The van der Waals surface area contributed by atoms with E-state index < -0.39 is 34.5 Å². The molecule has 0 saturated heterocycles. The lowest BCUT2D eigenvalue weighted by atomic mass is 9.71. The quantitative estimate of drug-likeness (QED) is 0.435. The number of pyridine rings is 1. The van der Waals surface area contributed by atoms with Gasteiger partial charge in [0.05, 0.1) is 17.2 Å². The number of nitrogens with zero attached hydrogens (tertiary/aromatic N) is 2. The molecule has 0 atom stereocenters. The Hall–Kier alpha value is -3.85. The lowest BCUT2D eigenvalue weighted by molar-refractivity contribution is -0.0529. The van der Waals surface area contributed by atoms with Gasteiger partial charge in [0.25, 0.3) is 5.91 Å². The van der Waals surface area contributed by atoms with Crippen molar-refractivity contribution in [1.29, 1.82) is 0 Å². The van der Waals surface area contributed by atoms with Gasteiger partial charge in [0.2, 0.25) is 5.43 Å². The maximum Gasteiger partial charge on any atom is 0.274 e. The summed E-state index contributed by atoms with van der Waals surface area (Å²) in [5.41, 5.74) is -0.582. The number of benzene rings is 2. The minimum atomic E-state index is -0.765. The smallest absolute Gasteiger partial charge is 0.274 e. The predicted octanol–water partition coefficient (Wildman–Crippen LogP) is 4.24. The Morgan fingerprint density at radius 3 is 2.49 bits per heavy atom. The zero-order valence-electron chi connectivity index (χ0n) is 21.8. The second-order valence-corrected chi connectivity index (χ2v) is 10.7. The number of rotatable bonds is 8. The summed E-state index contributed by atoms with van der Waals surface area (Å²) in [6.07, 6.45) is 1.30. The van der Waals surface area contributed by atoms with Crippen molar-refractivity contribution in [3.05, 3.63) is 99.0 Å². The van der Waals surface area contributed by atoms with Crippen LogP contribution in [0, 0.1) is 11.6 Å². The highest BCUT2D eigenvalue weighted by Gasteiger charge is 2.52. The van der Waals surface area contributed by atoms with E-state index in [0.717, 1.165) is 17.7 Å². The Morgan fingerprint density at radius 2 is 1.85 bits per heavy atom. The molecule has 5 rings (SSSR count). The van der Waals surface area contributed by atoms with Gasteiger partial charge >= 0.3 is 0 Å². The number of halogens is 2. The maximum atomic E-state index is 14.2. The van der Waals surface area contributed by atoms with Crippen LogP contribution in [-0.2, 0) is 18.6 Å². The lowest BCUT2D eigenvalue weighted by Gasteiger charge is -2.54.